The van der Waals surface area contributed by atoms with Gasteiger partial charge in [0, 0.05) is 44.1 Å². The molecule has 1 aromatic heterocycles. The summed E-state index contributed by atoms with van der Waals surface area (Å²) in [4.78, 5) is 24.4. The highest BCUT2D eigenvalue weighted by atomic mass is 35.5. The van der Waals surface area contributed by atoms with E-state index in [1.807, 2.05) is 24.3 Å². The molecule has 2 aromatic carbocycles. The summed E-state index contributed by atoms with van der Waals surface area (Å²) in [5.41, 5.74) is 2.71. The van der Waals surface area contributed by atoms with Crippen molar-refractivity contribution in [3.63, 3.8) is 0 Å². The zero-order valence-electron chi connectivity index (χ0n) is 19.4. The molecule has 1 aliphatic rings. The quantitative estimate of drug-likeness (QED) is 0.397. The van der Waals surface area contributed by atoms with Gasteiger partial charge < -0.3 is 25.8 Å². The number of nitrogens with zero attached hydrogens (tertiary/aromatic N) is 4. The van der Waals surface area contributed by atoms with E-state index in [0.29, 0.717) is 34.4 Å². The molecule has 0 unspecified atom stereocenters. The first kappa shape index (κ1) is 24.4. The number of carbonyl (C=O) groups is 1. The first-order valence-corrected chi connectivity index (χ1v) is 11.6. The van der Waals surface area contributed by atoms with Gasteiger partial charge in [0.1, 0.15) is 10.8 Å². The molecule has 3 N–H and O–H groups in total. The number of nitrogens with one attached hydrogen (secondary N) is 3. The van der Waals surface area contributed by atoms with Crippen LogP contribution in [0, 0.1) is 5.82 Å². The Bertz CT molecular complexity index is 1210. The molecule has 1 saturated heterocycles. The molecule has 8 nitrogen and oxygen atoms in total. The standard InChI is InChI=1S/C25H27ClFN7O/c1-3-23(35)30-18-6-4-5-17(13-18)15-28-24-20(26)16-29-25(32-24)31-19-7-8-22(21(27)14-19)34-11-9-33(2)10-12-34/h3-8,13-14,16H,1,9-12,15H2,2H3,(H,30,35)(H2,28,29,31,32). The summed E-state index contributed by atoms with van der Waals surface area (Å²) in [6.07, 6.45) is 2.70. The van der Waals surface area contributed by atoms with Crippen molar-refractivity contribution in [2.45, 2.75) is 6.54 Å². The van der Waals surface area contributed by atoms with Crippen LogP contribution in [0.5, 0.6) is 0 Å². The molecular weight excluding hydrogens is 469 g/mol. The van der Waals surface area contributed by atoms with Crippen molar-refractivity contribution in [2.24, 2.45) is 0 Å². The highest BCUT2D eigenvalue weighted by Gasteiger charge is 2.17. The zero-order chi connectivity index (χ0) is 24.8. The minimum Gasteiger partial charge on any atom is -0.367 e. The Hall–Kier alpha value is -3.69. The van der Waals surface area contributed by atoms with Crippen LogP contribution in [-0.4, -0.2) is 54.0 Å². The highest BCUT2D eigenvalue weighted by molar-refractivity contribution is 6.32. The number of rotatable bonds is 8. The van der Waals surface area contributed by atoms with Crippen LogP contribution in [0.3, 0.4) is 0 Å². The first-order valence-electron chi connectivity index (χ1n) is 11.2. The van der Waals surface area contributed by atoms with Crippen LogP contribution in [0.25, 0.3) is 0 Å². The molecule has 35 heavy (non-hydrogen) atoms. The van der Waals surface area contributed by atoms with E-state index in [0.717, 1.165) is 31.7 Å². The summed E-state index contributed by atoms with van der Waals surface area (Å²) in [5, 5.41) is 9.29. The fraction of sp³-hybridized carbons (Fsp3) is 0.240. The molecule has 0 saturated carbocycles. The van der Waals surface area contributed by atoms with Crippen LogP contribution < -0.4 is 20.9 Å². The number of anilines is 5. The number of aromatic nitrogens is 2. The molecule has 0 radical (unpaired) electrons. The van der Waals surface area contributed by atoms with Crippen LogP contribution in [0.1, 0.15) is 5.56 Å². The fourth-order valence-electron chi connectivity index (χ4n) is 3.71. The lowest BCUT2D eigenvalue weighted by Crippen LogP contribution is -2.44. The summed E-state index contributed by atoms with van der Waals surface area (Å²) in [7, 11) is 2.07. The van der Waals surface area contributed by atoms with Gasteiger partial charge in [0.25, 0.3) is 0 Å². The Morgan fingerprint density at radius 2 is 1.97 bits per heavy atom. The number of amides is 1. The van der Waals surface area contributed by atoms with Gasteiger partial charge in [-0.25, -0.2) is 9.37 Å². The molecule has 10 heteroatoms. The van der Waals surface area contributed by atoms with Gasteiger partial charge in [0.2, 0.25) is 11.9 Å². The third-order valence-corrected chi connectivity index (χ3v) is 5.91. The smallest absolute Gasteiger partial charge is 0.247 e. The van der Waals surface area contributed by atoms with Gasteiger partial charge in [-0.15, -0.1) is 0 Å². The van der Waals surface area contributed by atoms with E-state index in [1.54, 1.807) is 12.1 Å². The number of halogens is 2. The van der Waals surface area contributed by atoms with Gasteiger partial charge >= 0.3 is 0 Å². The van der Waals surface area contributed by atoms with Crippen molar-refractivity contribution in [1.82, 2.24) is 14.9 Å². The van der Waals surface area contributed by atoms with Crippen LogP contribution in [-0.2, 0) is 11.3 Å². The van der Waals surface area contributed by atoms with E-state index < -0.39 is 0 Å². The predicted octanol–water partition coefficient (Wildman–Crippen LogP) is 4.50. The van der Waals surface area contributed by atoms with E-state index >= 15 is 0 Å². The number of hydrogen-bond acceptors (Lipinski definition) is 7. The number of carbonyl (C=O) groups excluding carboxylic acids is 1. The van der Waals surface area contributed by atoms with Crippen molar-refractivity contribution in [2.75, 3.05) is 54.1 Å². The van der Waals surface area contributed by atoms with Crippen molar-refractivity contribution >= 4 is 46.3 Å². The number of benzene rings is 2. The first-order chi connectivity index (χ1) is 16.9. The maximum Gasteiger partial charge on any atom is 0.247 e. The lowest BCUT2D eigenvalue weighted by Gasteiger charge is -2.34. The lowest BCUT2D eigenvalue weighted by molar-refractivity contribution is -0.111. The van der Waals surface area contributed by atoms with Gasteiger partial charge in [0.05, 0.1) is 11.9 Å². The van der Waals surface area contributed by atoms with E-state index in [9.17, 15) is 9.18 Å². The number of likely N-dealkylation sites (N-methyl/N-ethyl adjacent to an activating group) is 1. The molecule has 0 spiro atoms. The van der Waals surface area contributed by atoms with Crippen LogP contribution in [0.4, 0.5) is 33.2 Å². The molecule has 0 bridgehead atoms. The Balaban J connectivity index is 1.41. The second-order valence-corrected chi connectivity index (χ2v) is 8.63. The average Bonchev–Trinajstić information content (AvgIpc) is 2.85. The third-order valence-electron chi connectivity index (χ3n) is 5.63. The molecule has 1 fully saturated rings. The van der Waals surface area contributed by atoms with E-state index in [4.69, 9.17) is 11.6 Å². The minimum atomic E-state index is -0.296. The molecule has 0 aliphatic carbocycles. The number of piperazine rings is 1. The van der Waals surface area contributed by atoms with Gasteiger partial charge in [-0.1, -0.05) is 30.3 Å². The average molecular weight is 496 g/mol. The summed E-state index contributed by atoms with van der Waals surface area (Å²) < 4.78 is 14.8. The molecule has 1 aliphatic heterocycles. The maximum atomic E-state index is 14.8. The van der Waals surface area contributed by atoms with Gasteiger partial charge in [-0.3, -0.25) is 4.79 Å². The summed E-state index contributed by atoms with van der Waals surface area (Å²) in [5.74, 6) is 0.142. The van der Waals surface area contributed by atoms with E-state index in [-0.39, 0.29) is 17.7 Å². The van der Waals surface area contributed by atoms with Crippen LogP contribution >= 0.6 is 11.6 Å². The molecule has 3 aromatic rings. The zero-order valence-corrected chi connectivity index (χ0v) is 20.1. The van der Waals surface area contributed by atoms with E-state index in [2.05, 4.69) is 49.3 Å². The normalized spacial score (nSPS) is 13.9. The molecular formula is C25H27ClFN7O. The molecule has 1 amide bonds. The second-order valence-electron chi connectivity index (χ2n) is 8.22. The number of hydrogen-bond donors (Lipinski definition) is 3. The molecule has 2 heterocycles. The van der Waals surface area contributed by atoms with Crippen molar-refractivity contribution in [3.8, 4) is 0 Å². The van der Waals surface area contributed by atoms with Crippen molar-refractivity contribution in [1.29, 1.82) is 0 Å². The van der Waals surface area contributed by atoms with Gasteiger partial charge in [-0.2, -0.15) is 4.98 Å². The van der Waals surface area contributed by atoms with Crippen LogP contribution in [0.15, 0.2) is 61.3 Å². The Kier molecular flexibility index (Phi) is 7.79. The van der Waals surface area contributed by atoms with Crippen LogP contribution in [0.2, 0.25) is 5.02 Å². The predicted molar refractivity (Wildman–Crippen MR) is 139 cm³/mol. The monoisotopic (exact) mass is 495 g/mol. The SMILES string of the molecule is C=CC(=O)Nc1cccc(CNc2nc(Nc3ccc(N4CCN(C)CC4)c(F)c3)ncc2Cl)c1. The van der Waals surface area contributed by atoms with Crippen molar-refractivity contribution < 1.29 is 9.18 Å². The summed E-state index contributed by atoms with van der Waals surface area (Å²) >= 11 is 6.27. The lowest BCUT2D eigenvalue weighted by atomic mass is 10.2. The second kappa shape index (κ2) is 11.2. The molecule has 4 rings (SSSR count). The molecule has 0 atom stereocenters. The summed E-state index contributed by atoms with van der Waals surface area (Å²) in [6.45, 7) is 7.26. The Labute approximate surface area is 208 Å². The van der Waals surface area contributed by atoms with Crippen molar-refractivity contribution in [3.05, 3.63) is 77.7 Å². The molecule has 182 valence electrons. The maximum absolute atomic E-state index is 14.8. The Morgan fingerprint density at radius 3 is 2.71 bits per heavy atom. The van der Waals surface area contributed by atoms with Gasteiger partial charge in [0.15, 0.2) is 5.82 Å². The largest absolute Gasteiger partial charge is 0.367 e. The van der Waals surface area contributed by atoms with Gasteiger partial charge in [-0.05, 0) is 49.0 Å². The Morgan fingerprint density at radius 1 is 1.17 bits per heavy atom. The topological polar surface area (TPSA) is 85.4 Å². The highest BCUT2D eigenvalue weighted by Crippen LogP contribution is 2.27. The minimum absolute atomic E-state index is 0.280. The van der Waals surface area contributed by atoms with E-state index in [1.165, 1.54) is 18.3 Å². The third kappa shape index (κ3) is 6.46. The fourth-order valence-corrected chi connectivity index (χ4v) is 3.86. The summed E-state index contributed by atoms with van der Waals surface area (Å²) in [6, 6.07) is 12.4.